The number of ether oxygens (including phenoxy) is 2. The molecule has 7 nitrogen and oxygen atoms in total. The summed E-state index contributed by atoms with van der Waals surface area (Å²) in [6, 6.07) is 4.07. The largest absolute Gasteiger partial charge is 0.497 e. The number of nitrogens with zero attached hydrogens (tertiary/aromatic N) is 4. The molecule has 3 rings (SSSR count). The predicted octanol–water partition coefficient (Wildman–Crippen LogP) is 1.99. The van der Waals surface area contributed by atoms with Gasteiger partial charge in [-0.1, -0.05) is 6.92 Å². The van der Waals surface area contributed by atoms with Crippen LogP contribution in [0.15, 0.2) is 17.0 Å². The maximum atomic E-state index is 13.6. The molecular weight excluding hydrogens is 424 g/mol. The number of methoxy groups -OCH3 is 1. The lowest BCUT2D eigenvalue weighted by molar-refractivity contribution is 0.0362. The topological polar surface area (TPSA) is 48.5 Å². The Morgan fingerprint density at radius 3 is 2.22 bits per heavy atom. The van der Waals surface area contributed by atoms with E-state index in [1.807, 2.05) is 26.0 Å². The average Bonchev–Trinajstić information content (AvgIpc) is 2.77. The van der Waals surface area contributed by atoms with Crippen LogP contribution in [0.25, 0.3) is 0 Å². The van der Waals surface area contributed by atoms with E-state index < -0.39 is 11.0 Å². The van der Waals surface area contributed by atoms with Crippen molar-refractivity contribution in [3.63, 3.8) is 0 Å². The van der Waals surface area contributed by atoms with E-state index in [4.69, 9.17) is 9.47 Å². The van der Waals surface area contributed by atoms with Gasteiger partial charge in [-0.05, 0) is 57.1 Å². The van der Waals surface area contributed by atoms with Crippen LogP contribution in [0.4, 0.5) is 0 Å². The lowest BCUT2D eigenvalue weighted by atomic mass is 10.1. The summed E-state index contributed by atoms with van der Waals surface area (Å²) < 4.78 is 27.3. The fourth-order valence-electron chi connectivity index (χ4n) is 4.73. The minimum atomic E-state index is -1.21. The number of hydrogen-bond acceptors (Lipinski definition) is 6. The van der Waals surface area contributed by atoms with Gasteiger partial charge in [0.25, 0.3) is 0 Å². The number of likely N-dealkylation sites (N-methyl/N-ethyl adjacent to an activating group) is 1. The van der Waals surface area contributed by atoms with Crippen molar-refractivity contribution >= 4 is 11.0 Å². The highest BCUT2D eigenvalue weighted by atomic mass is 32.2. The molecule has 0 bridgehead atoms. The Kier molecular flexibility index (Phi) is 9.95. The second kappa shape index (κ2) is 12.4. The Bertz CT molecular complexity index is 732. The first-order chi connectivity index (χ1) is 15.4. The quantitative estimate of drug-likeness (QED) is 0.492. The molecule has 0 radical (unpaired) electrons. The van der Waals surface area contributed by atoms with Gasteiger partial charge in [0.05, 0.1) is 31.3 Å². The van der Waals surface area contributed by atoms with Gasteiger partial charge in [0, 0.05) is 52.4 Å². The summed E-state index contributed by atoms with van der Waals surface area (Å²) in [5.74, 6) is 0.814. The molecule has 1 aromatic rings. The van der Waals surface area contributed by atoms with E-state index in [1.165, 1.54) is 13.0 Å². The van der Waals surface area contributed by atoms with E-state index in [0.29, 0.717) is 6.61 Å². The number of hydrogen-bond donors (Lipinski definition) is 0. The van der Waals surface area contributed by atoms with Gasteiger partial charge in [-0.3, -0.25) is 4.90 Å². The molecule has 182 valence electrons. The molecule has 0 amide bonds. The van der Waals surface area contributed by atoms with Crippen LogP contribution >= 0.6 is 0 Å². The van der Waals surface area contributed by atoms with E-state index in [-0.39, 0.29) is 6.04 Å². The lowest BCUT2D eigenvalue weighted by Crippen LogP contribution is -2.54. The van der Waals surface area contributed by atoms with Gasteiger partial charge >= 0.3 is 0 Å². The standard InChI is InChI=1S/C24H42N4O3S/c1-6-7-26-9-11-27(12-10-26)14-15-31-19-22-18-25(4)8-13-28(22)32(29)24-20(2)16-23(30-5)17-21(24)3/h16-17,22H,6-15,18-19H2,1-5H3. The van der Waals surface area contributed by atoms with Crippen LogP contribution < -0.4 is 4.74 Å². The van der Waals surface area contributed by atoms with Crippen molar-refractivity contribution in [1.29, 1.82) is 0 Å². The predicted molar refractivity (Wildman–Crippen MR) is 131 cm³/mol. The normalized spacial score (nSPS) is 22.8. The molecule has 0 aliphatic carbocycles. The first-order valence-corrected chi connectivity index (χ1v) is 13.1. The fourth-order valence-corrected chi connectivity index (χ4v) is 6.28. The average molecular weight is 467 g/mol. The molecule has 2 atom stereocenters. The summed E-state index contributed by atoms with van der Waals surface area (Å²) >= 11 is 0. The SMILES string of the molecule is CCCN1CCN(CCOCC2CN(C)CCN2S(=O)c2c(C)cc(OC)cc2C)CC1. The summed E-state index contributed by atoms with van der Waals surface area (Å²) in [7, 11) is 2.59. The van der Waals surface area contributed by atoms with E-state index in [9.17, 15) is 4.21 Å². The van der Waals surface area contributed by atoms with Crippen molar-refractivity contribution in [2.45, 2.75) is 38.1 Å². The van der Waals surface area contributed by atoms with Crippen LogP contribution in [-0.2, 0) is 15.7 Å². The molecule has 0 saturated carbocycles. The van der Waals surface area contributed by atoms with Gasteiger partial charge < -0.3 is 19.3 Å². The van der Waals surface area contributed by atoms with Gasteiger partial charge in [0.2, 0.25) is 0 Å². The van der Waals surface area contributed by atoms with Gasteiger partial charge in [-0.2, -0.15) is 0 Å². The van der Waals surface area contributed by atoms with Crippen LogP contribution in [0.2, 0.25) is 0 Å². The molecule has 2 unspecified atom stereocenters. The van der Waals surface area contributed by atoms with Crippen molar-refractivity contribution in [2.24, 2.45) is 0 Å². The first-order valence-electron chi connectivity index (χ1n) is 12.0. The third-order valence-corrected chi connectivity index (χ3v) is 8.46. The number of benzene rings is 1. The molecule has 1 aromatic carbocycles. The molecule has 2 saturated heterocycles. The van der Waals surface area contributed by atoms with Crippen LogP contribution in [0.3, 0.4) is 0 Å². The summed E-state index contributed by atoms with van der Waals surface area (Å²) in [6.07, 6.45) is 1.23. The summed E-state index contributed by atoms with van der Waals surface area (Å²) in [4.78, 5) is 8.26. The van der Waals surface area contributed by atoms with Crippen molar-refractivity contribution in [3.8, 4) is 5.75 Å². The minimum absolute atomic E-state index is 0.122. The summed E-state index contributed by atoms with van der Waals surface area (Å²) in [5, 5.41) is 0. The molecule has 0 spiro atoms. The van der Waals surface area contributed by atoms with E-state index in [2.05, 4.69) is 33.0 Å². The van der Waals surface area contributed by atoms with Crippen LogP contribution in [-0.4, -0.2) is 116 Å². The number of aryl methyl sites for hydroxylation is 2. The van der Waals surface area contributed by atoms with Crippen molar-refractivity contribution in [2.75, 3.05) is 86.3 Å². The van der Waals surface area contributed by atoms with Crippen molar-refractivity contribution in [3.05, 3.63) is 23.3 Å². The number of rotatable bonds is 10. The lowest BCUT2D eigenvalue weighted by Gasteiger charge is -2.39. The molecule has 2 aliphatic heterocycles. The Morgan fingerprint density at radius 2 is 1.62 bits per heavy atom. The molecule has 0 N–H and O–H groups in total. The fraction of sp³-hybridized carbons (Fsp3) is 0.750. The zero-order chi connectivity index (χ0) is 23.1. The second-order valence-corrected chi connectivity index (χ2v) is 10.5. The van der Waals surface area contributed by atoms with E-state index in [1.54, 1.807) is 7.11 Å². The van der Waals surface area contributed by atoms with Crippen LogP contribution in [0, 0.1) is 13.8 Å². The second-order valence-electron chi connectivity index (χ2n) is 9.15. The van der Waals surface area contributed by atoms with Crippen LogP contribution in [0.1, 0.15) is 24.5 Å². The zero-order valence-corrected chi connectivity index (χ0v) is 21.5. The van der Waals surface area contributed by atoms with Gasteiger partial charge in [-0.25, -0.2) is 8.51 Å². The molecule has 0 aromatic heterocycles. The highest BCUT2D eigenvalue weighted by Gasteiger charge is 2.31. The third kappa shape index (κ3) is 6.74. The molecule has 2 aliphatic rings. The van der Waals surface area contributed by atoms with Crippen molar-refractivity contribution in [1.82, 2.24) is 19.0 Å². The highest BCUT2D eigenvalue weighted by molar-refractivity contribution is 7.82. The Morgan fingerprint density at radius 1 is 1.00 bits per heavy atom. The minimum Gasteiger partial charge on any atom is -0.497 e. The maximum Gasteiger partial charge on any atom is 0.128 e. The van der Waals surface area contributed by atoms with Crippen molar-refractivity contribution < 1.29 is 13.7 Å². The Hall–Kier alpha value is -1.03. The Balaban J connectivity index is 1.54. The number of piperazine rings is 2. The summed E-state index contributed by atoms with van der Waals surface area (Å²) in [5.41, 5.74) is 2.03. The molecule has 32 heavy (non-hydrogen) atoms. The summed E-state index contributed by atoms with van der Waals surface area (Å²) in [6.45, 7) is 16.9. The Labute approximate surface area is 197 Å². The third-order valence-electron chi connectivity index (χ3n) is 6.56. The molecule has 2 fully saturated rings. The zero-order valence-electron chi connectivity index (χ0n) is 20.6. The van der Waals surface area contributed by atoms with Gasteiger partial charge in [0.15, 0.2) is 0 Å². The van der Waals surface area contributed by atoms with Gasteiger partial charge in [-0.15, -0.1) is 0 Å². The van der Waals surface area contributed by atoms with Crippen LogP contribution in [0.5, 0.6) is 5.75 Å². The van der Waals surface area contributed by atoms with E-state index in [0.717, 1.165) is 80.7 Å². The molecule has 2 heterocycles. The van der Waals surface area contributed by atoms with Gasteiger partial charge in [0.1, 0.15) is 16.7 Å². The maximum absolute atomic E-state index is 13.6. The highest BCUT2D eigenvalue weighted by Crippen LogP contribution is 2.27. The monoisotopic (exact) mass is 466 g/mol. The smallest absolute Gasteiger partial charge is 0.128 e. The molecule has 8 heteroatoms. The molecular formula is C24H42N4O3S. The first kappa shape index (κ1) is 25.6. The van der Waals surface area contributed by atoms with E-state index >= 15 is 0 Å².